The smallest absolute Gasteiger partial charge is 0.172 e. The van der Waals surface area contributed by atoms with Gasteiger partial charge in [-0.3, -0.25) is 9.59 Å². The van der Waals surface area contributed by atoms with Gasteiger partial charge in [0.05, 0.1) is 4.88 Å². The van der Waals surface area contributed by atoms with Gasteiger partial charge in [0.25, 0.3) is 0 Å². The monoisotopic (exact) mass is 250 g/mol. The van der Waals surface area contributed by atoms with Crippen molar-refractivity contribution in [2.75, 3.05) is 0 Å². The summed E-state index contributed by atoms with van der Waals surface area (Å²) in [6, 6.07) is 1.83. The van der Waals surface area contributed by atoms with E-state index in [1.807, 2.05) is 6.07 Å². The molecule has 92 valence electrons. The first-order valence-electron chi connectivity index (χ1n) is 6.41. The molecule has 0 amide bonds. The summed E-state index contributed by atoms with van der Waals surface area (Å²) in [5, 5.41) is 0. The van der Waals surface area contributed by atoms with Crippen LogP contribution in [0.3, 0.4) is 0 Å². The maximum absolute atomic E-state index is 11.9. The number of fused-ring (bicyclic) bond motifs is 1. The SMILES string of the molecule is CCCCCC(=O)c1cc2c(s1)CCCC2=O. The largest absolute Gasteiger partial charge is 0.294 e. The zero-order valence-electron chi connectivity index (χ0n) is 10.3. The van der Waals surface area contributed by atoms with Crippen molar-refractivity contribution in [3.05, 3.63) is 21.4 Å². The molecule has 0 atom stereocenters. The van der Waals surface area contributed by atoms with Crippen LogP contribution >= 0.6 is 11.3 Å². The summed E-state index contributed by atoms with van der Waals surface area (Å²) in [5.74, 6) is 0.431. The molecule has 0 aliphatic heterocycles. The summed E-state index contributed by atoms with van der Waals surface area (Å²) in [6.45, 7) is 2.13. The van der Waals surface area contributed by atoms with Crippen LogP contribution in [0.5, 0.6) is 0 Å². The molecule has 1 aromatic heterocycles. The van der Waals surface area contributed by atoms with Crippen molar-refractivity contribution < 1.29 is 9.59 Å². The molecule has 0 spiro atoms. The number of carbonyl (C=O) groups is 2. The van der Waals surface area contributed by atoms with E-state index < -0.39 is 0 Å². The van der Waals surface area contributed by atoms with Gasteiger partial charge in [-0.2, -0.15) is 0 Å². The van der Waals surface area contributed by atoms with Crippen molar-refractivity contribution in [2.24, 2.45) is 0 Å². The summed E-state index contributed by atoms with van der Waals surface area (Å²) in [7, 11) is 0. The second-order valence-electron chi connectivity index (χ2n) is 4.60. The minimum absolute atomic E-state index is 0.214. The lowest BCUT2D eigenvalue weighted by Crippen LogP contribution is -2.06. The zero-order chi connectivity index (χ0) is 12.3. The van der Waals surface area contributed by atoms with Crippen LogP contribution in [0.15, 0.2) is 6.07 Å². The van der Waals surface area contributed by atoms with Crippen LogP contribution in [0.25, 0.3) is 0 Å². The van der Waals surface area contributed by atoms with E-state index in [9.17, 15) is 9.59 Å². The Morgan fingerprint density at radius 2 is 2.18 bits per heavy atom. The van der Waals surface area contributed by atoms with Crippen LogP contribution in [0.2, 0.25) is 0 Å². The fraction of sp³-hybridized carbons (Fsp3) is 0.571. The summed E-state index contributed by atoms with van der Waals surface area (Å²) in [5.41, 5.74) is 0.820. The predicted molar refractivity (Wildman–Crippen MR) is 70.1 cm³/mol. The first-order valence-corrected chi connectivity index (χ1v) is 7.23. The van der Waals surface area contributed by atoms with Gasteiger partial charge in [-0.15, -0.1) is 11.3 Å². The van der Waals surface area contributed by atoms with Gasteiger partial charge in [0.15, 0.2) is 11.6 Å². The molecule has 0 bridgehead atoms. The number of rotatable bonds is 5. The molecule has 0 saturated heterocycles. The molecule has 1 aromatic rings. The summed E-state index contributed by atoms with van der Waals surface area (Å²) in [4.78, 5) is 25.5. The normalized spacial score (nSPS) is 14.8. The van der Waals surface area contributed by atoms with Crippen LogP contribution in [0.1, 0.15) is 70.4 Å². The Kier molecular flexibility index (Phi) is 4.11. The average Bonchev–Trinajstić information content (AvgIpc) is 2.75. The first kappa shape index (κ1) is 12.5. The fourth-order valence-electron chi connectivity index (χ4n) is 2.19. The third-order valence-corrected chi connectivity index (χ3v) is 4.44. The summed E-state index contributed by atoms with van der Waals surface area (Å²) >= 11 is 1.53. The second kappa shape index (κ2) is 5.58. The quantitative estimate of drug-likeness (QED) is 0.584. The van der Waals surface area contributed by atoms with Gasteiger partial charge in [0.1, 0.15) is 0 Å². The highest BCUT2D eigenvalue weighted by molar-refractivity contribution is 7.14. The van der Waals surface area contributed by atoms with Gasteiger partial charge in [-0.25, -0.2) is 0 Å². The molecule has 17 heavy (non-hydrogen) atoms. The molecule has 1 heterocycles. The van der Waals surface area contributed by atoms with Gasteiger partial charge in [-0.1, -0.05) is 19.8 Å². The van der Waals surface area contributed by atoms with Crippen molar-refractivity contribution in [3.8, 4) is 0 Å². The molecule has 0 N–H and O–H groups in total. The fourth-order valence-corrected chi connectivity index (χ4v) is 3.38. The number of thiophene rings is 1. The molecule has 0 aromatic carbocycles. The highest BCUT2D eigenvalue weighted by Crippen LogP contribution is 2.30. The van der Waals surface area contributed by atoms with E-state index in [0.717, 1.165) is 47.4 Å². The van der Waals surface area contributed by atoms with E-state index in [1.165, 1.54) is 11.3 Å². The van der Waals surface area contributed by atoms with Gasteiger partial charge in [0.2, 0.25) is 0 Å². The molecule has 0 unspecified atom stereocenters. The molecular formula is C14H18O2S. The van der Waals surface area contributed by atoms with Gasteiger partial charge in [0, 0.05) is 23.3 Å². The number of carbonyl (C=O) groups excluding carboxylic acids is 2. The number of hydrogen-bond acceptors (Lipinski definition) is 3. The van der Waals surface area contributed by atoms with Crippen molar-refractivity contribution in [1.82, 2.24) is 0 Å². The van der Waals surface area contributed by atoms with Crippen LogP contribution in [-0.4, -0.2) is 11.6 Å². The summed E-state index contributed by atoms with van der Waals surface area (Å²) < 4.78 is 0. The number of Topliss-reactive ketones (excluding diaryl/α,β-unsaturated/α-hetero) is 2. The Hall–Kier alpha value is -0.960. The van der Waals surface area contributed by atoms with E-state index in [2.05, 4.69) is 6.92 Å². The Morgan fingerprint density at radius 3 is 2.88 bits per heavy atom. The molecule has 1 aliphatic carbocycles. The minimum Gasteiger partial charge on any atom is -0.294 e. The lowest BCUT2D eigenvalue weighted by molar-refractivity contribution is 0.0973. The van der Waals surface area contributed by atoms with E-state index in [4.69, 9.17) is 0 Å². The number of hydrogen-bond donors (Lipinski definition) is 0. The highest BCUT2D eigenvalue weighted by Gasteiger charge is 2.22. The molecule has 0 saturated carbocycles. The van der Waals surface area contributed by atoms with Crippen LogP contribution in [0, 0.1) is 0 Å². The van der Waals surface area contributed by atoms with Gasteiger partial charge in [-0.05, 0) is 25.3 Å². The van der Waals surface area contributed by atoms with Crippen molar-refractivity contribution >= 4 is 22.9 Å². The number of ketones is 2. The van der Waals surface area contributed by atoms with E-state index >= 15 is 0 Å². The molecule has 2 rings (SSSR count). The van der Waals surface area contributed by atoms with E-state index in [1.54, 1.807) is 0 Å². The maximum Gasteiger partial charge on any atom is 0.172 e. The topological polar surface area (TPSA) is 34.1 Å². The molecule has 0 radical (unpaired) electrons. The molecular weight excluding hydrogens is 232 g/mol. The Morgan fingerprint density at radius 1 is 1.35 bits per heavy atom. The standard InChI is InChI=1S/C14H18O2S/c1-2-3-4-6-12(16)14-9-10-11(15)7-5-8-13(10)17-14/h9H,2-8H2,1H3. The van der Waals surface area contributed by atoms with Gasteiger partial charge < -0.3 is 0 Å². The molecule has 0 fully saturated rings. The van der Waals surface area contributed by atoms with Crippen LogP contribution in [0.4, 0.5) is 0 Å². The lowest BCUT2D eigenvalue weighted by atomic mass is 9.97. The summed E-state index contributed by atoms with van der Waals surface area (Å²) in [6.07, 6.45) is 6.38. The minimum atomic E-state index is 0.214. The van der Waals surface area contributed by atoms with Crippen molar-refractivity contribution in [1.29, 1.82) is 0 Å². The predicted octanol–water partition coefficient (Wildman–Crippen LogP) is 4.03. The molecule has 2 nitrogen and oxygen atoms in total. The van der Waals surface area contributed by atoms with Gasteiger partial charge >= 0.3 is 0 Å². The average molecular weight is 250 g/mol. The van der Waals surface area contributed by atoms with E-state index in [-0.39, 0.29) is 11.6 Å². The zero-order valence-corrected chi connectivity index (χ0v) is 11.1. The van der Waals surface area contributed by atoms with Crippen LogP contribution < -0.4 is 0 Å². The number of unbranched alkanes of at least 4 members (excludes halogenated alkanes) is 2. The van der Waals surface area contributed by atoms with Crippen LogP contribution in [-0.2, 0) is 6.42 Å². The number of aryl methyl sites for hydroxylation is 1. The third kappa shape index (κ3) is 2.83. The Bertz CT molecular complexity index is 431. The Labute approximate surface area is 106 Å². The Balaban J connectivity index is 2.07. The van der Waals surface area contributed by atoms with E-state index in [0.29, 0.717) is 12.8 Å². The highest BCUT2D eigenvalue weighted by atomic mass is 32.1. The maximum atomic E-state index is 11.9. The second-order valence-corrected chi connectivity index (χ2v) is 5.74. The van der Waals surface area contributed by atoms with Crippen molar-refractivity contribution in [3.63, 3.8) is 0 Å². The lowest BCUT2D eigenvalue weighted by Gasteiger charge is -2.07. The first-order chi connectivity index (χ1) is 8.22. The molecule has 1 aliphatic rings. The molecule has 3 heteroatoms. The third-order valence-electron chi connectivity index (χ3n) is 3.20. The van der Waals surface area contributed by atoms with Crippen molar-refractivity contribution in [2.45, 2.75) is 51.9 Å².